The number of nitrogens with zero attached hydrogens (tertiary/aromatic N) is 1. The Balaban J connectivity index is 1.44. The average molecular weight is 434 g/mol. The number of benzene rings is 3. The van der Waals surface area contributed by atoms with Gasteiger partial charge in [-0.3, -0.25) is 14.5 Å². The zero-order chi connectivity index (χ0) is 19.7. The van der Waals surface area contributed by atoms with Gasteiger partial charge in [0.15, 0.2) is 0 Å². The second-order valence-electron chi connectivity index (χ2n) is 7.10. The maximum Gasteiger partial charge on any atom is 0.261 e. The number of amides is 2. The fourth-order valence-corrected chi connectivity index (χ4v) is 4.13. The number of carbonyl (C=O) groups excluding carboxylic acids is 2. The summed E-state index contributed by atoms with van der Waals surface area (Å²) in [5, 5.41) is 0. The summed E-state index contributed by atoms with van der Waals surface area (Å²) in [4.78, 5) is 26.4. The lowest BCUT2D eigenvalue weighted by molar-refractivity contribution is 0.0650. The van der Waals surface area contributed by atoms with Crippen molar-refractivity contribution in [2.75, 3.05) is 6.54 Å². The number of fused-ring (bicyclic) bond motifs is 1. The Hall–Kier alpha value is -2.72. The van der Waals surface area contributed by atoms with Crippen molar-refractivity contribution in [2.45, 2.75) is 19.3 Å². The van der Waals surface area contributed by atoms with Crippen LogP contribution in [0.3, 0.4) is 0 Å². The van der Waals surface area contributed by atoms with Crippen molar-refractivity contribution in [1.29, 1.82) is 0 Å². The molecule has 0 fully saturated rings. The lowest BCUT2D eigenvalue weighted by Gasteiger charge is -2.18. The molecule has 140 valence electrons. The molecule has 0 saturated carbocycles. The molecule has 1 heterocycles. The smallest absolute Gasteiger partial charge is 0.261 e. The van der Waals surface area contributed by atoms with Crippen LogP contribution in [0.4, 0.5) is 0 Å². The number of imide groups is 1. The predicted octanol–water partition coefficient (Wildman–Crippen LogP) is 5.91. The van der Waals surface area contributed by atoms with Gasteiger partial charge in [0, 0.05) is 11.0 Å². The molecule has 3 nitrogen and oxygen atoms in total. The van der Waals surface area contributed by atoms with Gasteiger partial charge in [-0.2, -0.15) is 0 Å². The number of rotatable bonds is 5. The first-order chi connectivity index (χ1) is 13.6. The van der Waals surface area contributed by atoms with Crippen molar-refractivity contribution in [1.82, 2.24) is 4.90 Å². The van der Waals surface area contributed by atoms with Crippen molar-refractivity contribution < 1.29 is 9.59 Å². The van der Waals surface area contributed by atoms with Crippen molar-refractivity contribution >= 4 is 27.7 Å². The molecule has 0 spiro atoms. The second kappa shape index (κ2) is 7.72. The van der Waals surface area contributed by atoms with Gasteiger partial charge in [-0.15, -0.1) is 0 Å². The molecule has 1 unspecified atom stereocenters. The highest BCUT2D eigenvalue weighted by atomic mass is 79.9. The quantitative estimate of drug-likeness (QED) is 0.469. The Morgan fingerprint density at radius 1 is 0.786 bits per heavy atom. The van der Waals surface area contributed by atoms with Crippen LogP contribution in [0.25, 0.3) is 11.1 Å². The Bertz CT molecular complexity index is 1010. The van der Waals surface area contributed by atoms with E-state index in [0.717, 1.165) is 22.0 Å². The number of halogens is 1. The molecule has 0 saturated heterocycles. The van der Waals surface area contributed by atoms with Crippen LogP contribution in [0.15, 0.2) is 77.3 Å². The Morgan fingerprint density at radius 2 is 1.32 bits per heavy atom. The van der Waals surface area contributed by atoms with Crippen LogP contribution in [0.2, 0.25) is 0 Å². The fourth-order valence-electron chi connectivity index (χ4n) is 3.62. The summed E-state index contributed by atoms with van der Waals surface area (Å²) < 4.78 is 1.07. The van der Waals surface area contributed by atoms with Crippen LogP contribution in [-0.2, 0) is 0 Å². The first-order valence-corrected chi connectivity index (χ1v) is 10.2. The van der Waals surface area contributed by atoms with E-state index >= 15 is 0 Å². The van der Waals surface area contributed by atoms with E-state index in [2.05, 4.69) is 53.2 Å². The average Bonchev–Trinajstić information content (AvgIpc) is 2.97. The van der Waals surface area contributed by atoms with E-state index in [1.807, 2.05) is 18.2 Å². The van der Waals surface area contributed by atoms with Gasteiger partial charge in [0.2, 0.25) is 0 Å². The summed E-state index contributed by atoms with van der Waals surface area (Å²) in [6.07, 6.45) is 0.736. The number of hydrogen-bond acceptors (Lipinski definition) is 2. The van der Waals surface area contributed by atoms with Gasteiger partial charge in [-0.1, -0.05) is 77.5 Å². The minimum atomic E-state index is -0.183. The van der Waals surface area contributed by atoms with Crippen molar-refractivity contribution in [3.63, 3.8) is 0 Å². The van der Waals surface area contributed by atoms with E-state index in [-0.39, 0.29) is 17.7 Å². The molecule has 0 aliphatic carbocycles. The standard InChI is InChI=1S/C24H20BrNO2/c1-16(14-15-26-23(27)20-7-2-3-8-21(20)24(26)28)17-10-12-18(13-11-17)19-6-4-5-9-22(19)25/h2-13,16H,14-15H2,1H3. The molecule has 1 aliphatic heterocycles. The molecule has 0 radical (unpaired) electrons. The van der Waals surface area contributed by atoms with E-state index in [9.17, 15) is 9.59 Å². The summed E-state index contributed by atoms with van der Waals surface area (Å²) in [6.45, 7) is 2.56. The third kappa shape index (κ3) is 3.40. The predicted molar refractivity (Wildman–Crippen MR) is 114 cm³/mol. The molecule has 4 rings (SSSR count). The molecule has 28 heavy (non-hydrogen) atoms. The van der Waals surface area contributed by atoms with Crippen LogP contribution in [-0.4, -0.2) is 23.3 Å². The molecule has 1 aliphatic rings. The van der Waals surface area contributed by atoms with Crippen LogP contribution in [0.5, 0.6) is 0 Å². The minimum Gasteiger partial charge on any atom is -0.274 e. The third-order valence-corrected chi connectivity index (χ3v) is 6.02. The molecular formula is C24H20BrNO2. The van der Waals surface area contributed by atoms with E-state index in [0.29, 0.717) is 17.7 Å². The van der Waals surface area contributed by atoms with Crippen LogP contribution in [0, 0.1) is 0 Å². The summed E-state index contributed by atoms with van der Waals surface area (Å²) in [6, 6.07) is 23.7. The van der Waals surface area contributed by atoms with Crippen molar-refractivity contribution in [2.24, 2.45) is 0 Å². The molecule has 3 aromatic rings. The molecule has 4 heteroatoms. The Labute approximate surface area is 173 Å². The van der Waals surface area contributed by atoms with E-state index < -0.39 is 0 Å². The van der Waals surface area contributed by atoms with Crippen molar-refractivity contribution in [3.8, 4) is 11.1 Å². The van der Waals surface area contributed by atoms with E-state index in [1.54, 1.807) is 24.3 Å². The Kier molecular flexibility index (Phi) is 5.14. The molecule has 0 bridgehead atoms. The highest BCUT2D eigenvalue weighted by Crippen LogP contribution is 2.30. The normalized spacial score (nSPS) is 14.3. The zero-order valence-electron chi connectivity index (χ0n) is 15.6. The third-order valence-electron chi connectivity index (χ3n) is 5.33. The highest BCUT2D eigenvalue weighted by molar-refractivity contribution is 9.10. The van der Waals surface area contributed by atoms with Crippen molar-refractivity contribution in [3.05, 3.63) is 94.0 Å². The topological polar surface area (TPSA) is 37.4 Å². The second-order valence-corrected chi connectivity index (χ2v) is 7.95. The molecule has 2 amide bonds. The molecule has 1 atom stereocenters. The molecule has 0 N–H and O–H groups in total. The minimum absolute atomic E-state index is 0.183. The summed E-state index contributed by atoms with van der Waals surface area (Å²) in [5.41, 5.74) is 4.54. The monoisotopic (exact) mass is 433 g/mol. The number of hydrogen-bond donors (Lipinski definition) is 0. The maximum absolute atomic E-state index is 12.5. The number of carbonyl (C=O) groups is 2. The van der Waals surface area contributed by atoms with E-state index in [4.69, 9.17) is 0 Å². The molecule has 3 aromatic carbocycles. The molecular weight excluding hydrogens is 414 g/mol. The first kappa shape index (κ1) is 18.6. The van der Waals surface area contributed by atoms with Crippen LogP contribution < -0.4 is 0 Å². The zero-order valence-corrected chi connectivity index (χ0v) is 17.1. The van der Waals surface area contributed by atoms with Gasteiger partial charge in [0.05, 0.1) is 11.1 Å². The van der Waals surface area contributed by atoms with Crippen LogP contribution in [0.1, 0.15) is 45.5 Å². The van der Waals surface area contributed by atoms with Crippen LogP contribution >= 0.6 is 15.9 Å². The molecule has 0 aromatic heterocycles. The highest BCUT2D eigenvalue weighted by Gasteiger charge is 2.34. The SMILES string of the molecule is CC(CCN1C(=O)c2ccccc2C1=O)c1ccc(-c2ccccc2Br)cc1. The van der Waals surface area contributed by atoms with E-state index in [1.165, 1.54) is 10.5 Å². The summed E-state index contributed by atoms with van der Waals surface area (Å²) in [5.74, 6) is -0.119. The summed E-state index contributed by atoms with van der Waals surface area (Å²) >= 11 is 3.60. The lowest BCUT2D eigenvalue weighted by atomic mass is 9.95. The maximum atomic E-state index is 12.5. The Morgan fingerprint density at radius 3 is 1.89 bits per heavy atom. The van der Waals surface area contributed by atoms with Gasteiger partial charge in [0.25, 0.3) is 11.8 Å². The first-order valence-electron chi connectivity index (χ1n) is 9.36. The van der Waals surface area contributed by atoms with Gasteiger partial charge >= 0.3 is 0 Å². The van der Waals surface area contributed by atoms with Gasteiger partial charge in [-0.05, 0) is 47.2 Å². The van der Waals surface area contributed by atoms with Gasteiger partial charge in [0.1, 0.15) is 0 Å². The fraction of sp³-hybridized carbons (Fsp3) is 0.167. The lowest BCUT2D eigenvalue weighted by Crippen LogP contribution is -2.31. The summed E-state index contributed by atoms with van der Waals surface area (Å²) in [7, 11) is 0. The largest absolute Gasteiger partial charge is 0.274 e. The van der Waals surface area contributed by atoms with Gasteiger partial charge in [-0.25, -0.2) is 0 Å². The van der Waals surface area contributed by atoms with Gasteiger partial charge < -0.3 is 0 Å².